The highest BCUT2D eigenvalue weighted by molar-refractivity contribution is 9.09. The van der Waals surface area contributed by atoms with Crippen LogP contribution in [0.1, 0.15) is 25.1 Å². The Morgan fingerprint density at radius 1 is 1.40 bits per heavy atom. The summed E-state index contributed by atoms with van der Waals surface area (Å²) >= 11 is 3.35. The van der Waals surface area contributed by atoms with E-state index in [1.807, 2.05) is 31.2 Å². The fourth-order valence-corrected chi connectivity index (χ4v) is 2.19. The topological polar surface area (TPSA) is 72.7 Å². The number of nitrogens with zero attached hydrogens (tertiary/aromatic N) is 4. The van der Waals surface area contributed by atoms with Crippen LogP contribution in [-0.2, 0) is 4.79 Å². The largest absolute Gasteiger partial charge is 0.326 e. The van der Waals surface area contributed by atoms with Gasteiger partial charge in [-0.25, -0.2) is 0 Å². The van der Waals surface area contributed by atoms with Gasteiger partial charge in [-0.2, -0.15) is 4.68 Å². The van der Waals surface area contributed by atoms with Gasteiger partial charge in [0.25, 0.3) is 0 Å². The molecule has 2 rings (SSSR count). The Balaban J connectivity index is 2.03. The molecule has 0 aliphatic rings. The molecule has 7 heteroatoms. The number of hydrogen-bond donors (Lipinski definition) is 1. The van der Waals surface area contributed by atoms with Crippen molar-refractivity contribution in [2.75, 3.05) is 10.6 Å². The van der Waals surface area contributed by atoms with Crippen molar-refractivity contribution < 1.29 is 4.79 Å². The predicted molar refractivity (Wildman–Crippen MR) is 80.2 cm³/mol. The Kier molecular flexibility index (Phi) is 5.23. The Morgan fingerprint density at radius 3 is 2.95 bits per heavy atom. The first kappa shape index (κ1) is 14.6. The zero-order valence-electron chi connectivity index (χ0n) is 11.2. The summed E-state index contributed by atoms with van der Waals surface area (Å²) in [5.74, 6) is 0.724. The Bertz CT molecular complexity index is 584. The number of nitrogens with one attached hydrogen (secondary N) is 1. The molecular weight excluding hydrogens is 322 g/mol. The van der Waals surface area contributed by atoms with Crippen LogP contribution in [0.5, 0.6) is 0 Å². The minimum atomic E-state index is 0.0246. The number of rotatable bonds is 6. The van der Waals surface area contributed by atoms with Gasteiger partial charge in [-0.1, -0.05) is 22.0 Å². The minimum absolute atomic E-state index is 0.0246. The molecule has 1 amide bonds. The van der Waals surface area contributed by atoms with Crippen LogP contribution in [0, 0.1) is 6.92 Å². The van der Waals surface area contributed by atoms with E-state index in [9.17, 15) is 4.79 Å². The molecule has 20 heavy (non-hydrogen) atoms. The maximum Gasteiger partial charge on any atom is 0.224 e. The molecule has 1 heterocycles. The fourth-order valence-electron chi connectivity index (χ4n) is 1.79. The summed E-state index contributed by atoms with van der Waals surface area (Å²) in [6.45, 7) is 1.82. The SMILES string of the molecule is Cc1nnnn1-c1cccc(NC(=O)CCCCBr)c1. The van der Waals surface area contributed by atoms with E-state index in [4.69, 9.17) is 0 Å². The van der Waals surface area contributed by atoms with E-state index in [1.165, 1.54) is 0 Å². The van der Waals surface area contributed by atoms with Crippen molar-refractivity contribution in [1.82, 2.24) is 20.2 Å². The zero-order chi connectivity index (χ0) is 14.4. The lowest BCUT2D eigenvalue weighted by atomic mass is 10.2. The van der Waals surface area contributed by atoms with Crippen LogP contribution in [0.3, 0.4) is 0 Å². The van der Waals surface area contributed by atoms with E-state index in [1.54, 1.807) is 4.68 Å². The van der Waals surface area contributed by atoms with Crippen LogP contribution in [-0.4, -0.2) is 31.4 Å². The molecule has 1 N–H and O–H groups in total. The maximum absolute atomic E-state index is 11.8. The second-order valence-electron chi connectivity index (χ2n) is 4.38. The molecule has 0 radical (unpaired) electrons. The first-order chi connectivity index (χ1) is 9.70. The van der Waals surface area contributed by atoms with Gasteiger partial charge in [0.1, 0.15) is 0 Å². The monoisotopic (exact) mass is 337 g/mol. The van der Waals surface area contributed by atoms with Crippen LogP contribution in [0.15, 0.2) is 24.3 Å². The summed E-state index contributed by atoms with van der Waals surface area (Å²) in [7, 11) is 0. The van der Waals surface area contributed by atoms with Gasteiger partial charge in [0.2, 0.25) is 5.91 Å². The van der Waals surface area contributed by atoms with Crippen molar-refractivity contribution >= 4 is 27.5 Å². The number of carbonyl (C=O) groups excluding carboxylic acids is 1. The average molecular weight is 338 g/mol. The summed E-state index contributed by atoms with van der Waals surface area (Å²) in [6.07, 6.45) is 2.40. The van der Waals surface area contributed by atoms with Crippen LogP contribution >= 0.6 is 15.9 Å². The van der Waals surface area contributed by atoms with Crippen molar-refractivity contribution in [3.63, 3.8) is 0 Å². The molecule has 0 saturated heterocycles. The number of anilines is 1. The average Bonchev–Trinajstić information content (AvgIpc) is 2.85. The first-order valence-corrected chi connectivity index (χ1v) is 7.54. The third kappa shape index (κ3) is 3.86. The smallest absolute Gasteiger partial charge is 0.224 e. The van der Waals surface area contributed by atoms with Gasteiger partial charge in [-0.15, -0.1) is 5.10 Å². The summed E-state index contributed by atoms with van der Waals surface area (Å²) in [5, 5.41) is 15.2. The zero-order valence-corrected chi connectivity index (χ0v) is 12.8. The molecule has 0 unspecified atom stereocenters. The minimum Gasteiger partial charge on any atom is -0.326 e. The second kappa shape index (κ2) is 7.14. The van der Waals surface area contributed by atoms with E-state index in [-0.39, 0.29) is 5.91 Å². The number of hydrogen-bond acceptors (Lipinski definition) is 4. The van der Waals surface area contributed by atoms with E-state index >= 15 is 0 Å². The number of alkyl halides is 1. The number of aryl methyl sites for hydroxylation is 1. The van der Waals surface area contributed by atoms with Gasteiger partial charge in [0.05, 0.1) is 5.69 Å². The number of amides is 1. The highest BCUT2D eigenvalue weighted by Gasteiger charge is 2.06. The number of unbranched alkanes of at least 4 members (excludes halogenated alkanes) is 1. The predicted octanol–water partition coefficient (Wildman–Crippen LogP) is 2.47. The molecule has 1 aromatic carbocycles. The summed E-state index contributed by atoms with van der Waals surface area (Å²) < 4.78 is 1.63. The summed E-state index contributed by atoms with van der Waals surface area (Å²) in [5.41, 5.74) is 1.58. The van der Waals surface area contributed by atoms with Gasteiger partial charge in [0.15, 0.2) is 5.82 Å². The standard InChI is InChI=1S/C13H16BrN5O/c1-10-16-17-18-19(10)12-6-4-5-11(9-12)15-13(20)7-2-3-8-14/h4-6,9H,2-3,7-8H2,1H3,(H,15,20). The molecule has 6 nitrogen and oxygen atoms in total. The van der Waals surface area contributed by atoms with Gasteiger partial charge >= 0.3 is 0 Å². The van der Waals surface area contributed by atoms with Gasteiger partial charge in [-0.05, 0) is 48.4 Å². The molecule has 0 spiro atoms. The number of halogens is 1. The number of carbonyl (C=O) groups is 1. The molecule has 1 aromatic heterocycles. The Hall–Kier alpha value is -1.76. The number of aromatic nitrogens is 4. The van der Waals surface area contributed by atoms with E-state index in [2.05, 4.69) is 36.8 Å². The van der Waals surface area contributed by atoms with Crippen molar-refractivity contribution in [3.05, 3.63) is 30.1 Å². The van der Waals surface area contributed by atoms with Crippen LogP contribution in [0.25, 0.3) is 5.69 Å². The van der Waals surface area contributed by atoms with Crippen LogP contribution < -0.4 is 5.32 Å². The molecule has 2 aromatic rings. The van der Waals surface area contributed by atoms with Crippen molar-refractivity contribution in [2.45, 2.75) is 26.2 Å². The lowest BCUT2D eigenvalue weighted by Gasteiger charge is -2.07. The van der Waals surface area contributed by atoms with Crippen molar-refractivity contribution in [3.8, 4) is 5.69 Å². The van der Waals surface area contributed by atoms with E-state index in [0.717, 1.165) is 29.5 Å². The molecule has 106 valence electrons. The summed E-state index contributed by atoms with van der Waals surface area (Å²) in [6, 6.07) is 7.46. The third-order valence-corrected chi connectivity index (χ3v) is 3.35. The highest BCUT2D eigenvalue weighted by atomic mass is 79.9. The molecule has 0 aliphatic carbocycles. The van der Waals surface area contributed by atoms with Crippen LogP contribution in [0.2, 0.25) is 0 Å². The number of tetrazole rings is 1. The van der Waals surface area contributed by atoms with Crippen LogP contribution in [0.4, 0.5) is 5.69 Å². The lowest BCUT2D eigenvalue weighted by Crippen LogP contribution is -2.11. The Morgan fingerprint density at radius 2 is 2.25 bits per heavy atom. The number of benzene rings is 1. The second-order valence-corrected chi connectivity index (χ2v) is 5.18. The highest BCUT2D eigenvalue weighted by Crippen LogP contribution is 2.15. The molecule has 0 fully saturated rings. The molecular formula is C13H16BrN5O. The first-order valence-electron chi connectivity index (χ1n) is 6.42. The normalized spacial score (nSPS) is 10.5. The fraction of sp³-hybridized carbons (Fsp3) is 0.385. The molecule has 0 atom stereocenters. The maximum atomic E-state index is 11.8. The molecule has 0 saturated carbocycles. The lowest BCUT2D eigenvalue weighted by molar-refractivity contribution is -0.116. The van der Waals surface area contributed by atoms with Gasteiger partial charge < -0.3 is 5.32 Å². The quantitative estimate of drug-likeness (QED) is 0.649. The van der Waals surface area contributed by atoms with Gasteiger partial charge in [0, 0.05) is 17.4 Å². The molecule has 0 bridgehead atoms. The van der Waals surface area contributed by atoms with Gasteiger partial charge in [-0.3, -0.25) is 4.79 Å². The Labute approximate surface area is 125 Å². The molecule has 0 aliphatic heterocycles. The van der Waals surface area contributed by atoms with Crippen molar-refractivity contribution in [1.29, 1.82) is 0 Å². The van der Waals surface area contributed by atoms with E-state index in [0.29, 0.717) is 12.2 Å². The third-order valence-electron chi connectivity index (χ3n) is 2.79. The van der Waals surface area contributed by atoms with Crippen molar-refractivity contribution in [2.24, 2.45) is 0 Å². The van der Waals surface area contributed by atoms with E-state index < -0.39 is 0 Å². The summed E-state index contributed by atoms with van der Waals surface area (Å²) in [4.78, 5) is 11.8.